The van der Waals surface area contributed by atoms with Gasteiger partial charge in [0.05, 0.1) is 0 Å². The summed E-state index contributed by atoms with van der Waals surface area (Å²) >= 11 is 11.2. The zero-order valence-corrected chi connectivity index (χ0v) is 10.1. The molecule has 0 radical (unpaired) electrons. The molecule has 6 heteroatoms. The highest BCUT2D eigenvalue weighted by atomic mass is 35.5. The SMILES string of the molecule is CS(=O)(=O)[C@H](Cl)C(=O)c1cccc(Cl)c1. The maximum atomic E-state index is 11.6. The molecule has 0 aliphatic carbocycles. The molecule has 1 aromatic carbocycles. The van der Waals surface area contributed by atoms with E-state index >= 15 is 0 Å². The third-order valence-corrected chi connectivity index (χ3v) is 4.06. The van der Waals surface area contributed by atoms with E-state index in [9.17, 15) is 13.2 Å². The van der Waals surface area contributed by atoms with E-state index in [0.29, 0.717) is 5.02 Å². The molecule has 0 fully saturated rings. The summed E-state index contributed by atoms with van der Waals surface area (Å²) in [5.74, 6) is -0.665. The molecule has 1 aromatic rings. The fourth-order valence-electron chi connectivity index (χ4n) is 0.967. The van der Waals surface area contributed by atoms with Gasteiger partial charge in [-0.25, -0.2) is 8.42 Å². The Morgan fingerprint density at radius 1 is 1.40 bits per heavy atom. The van der Waals surface area contributed by atoms with Crippen LogP contribution in [-0.2, 0) is 9.84 Å². The molecule has 1 rings (SSSR count). The molecule has 82 valence electrons. The van der Waals surface area contributed by atoms with E-state index in [0.717, 1.165) is 6.26 Å². The number of rotatable bonds is 3. The van der Waals surface area contributed by atoms with E-state index in [1.165, 1.54) is 12.1 Å². The van der Waals surface area contributed by atoms with Gasteiger partial charge in [0.2, 0.25) is 0 Å². The first-order valence-electron chi connectivity index (χ1n) is 3.95. The zero-order valence-electron chi connectivity index (χ0n) is 7.78. The Labute approximate surface area is 97.9 Å². The largest absolute Gasteiger partial charge is 0.291 e. The van der Waals surface area contributed by atoms with Crippen LogP contribution in [0.5, 0.6) is 0 Å². The molecule has 15 heavy (non-hydrogen) atoms. The molecule has 1 atom stereocenters. The molecule has 0 bridgehead atoms. The van der Waals surface area contributed by atoms with Gasteiger partial charge in [0.25, 0.3) is 0 Å². The van der Waals surface area contributed by atoms with E-state index in [4.69, 9.17) is 23.2 Å². The highest BCUT2D eigenvalue weighted by Gasteiger charge is 2.27. The average molecular weight is 267 g/mol. The smallest absolute Gasteiger partial charge is 0.197 e. The fourth-order valence-corrected chi connectivity index (χ4v) is 1.81. The molecule has 0 aromatic heterocycles. The first-order chi connectivity index (χ1) is 6.82. The standard InChI is InChI=1S/C9H8Cl2O3S/c1-15(13,14)9(11)8(12)6-3-2-4-7(10)5-6/h2-5,9H,1H3/t9-/m0/s1. The maximum absolute atomic E-state index is 11.6. The minimum absolute atomic E-state index is 0.188. The number of halogens is 2. The Morgan fingerprint density at radius 3 is 2.47 bits per heavy atom. The molecule has 0 saturated heterocycles. The third-order valence-electron chi connectivity index (χ3n) is 1.69. The summed E-state index contributed by atoms with van der Waals surface area (Å²) in [6.45, 7) is 0. The molecule has 0 unspecified atom stereocenters. The Kier molecular flexibility index (Phi) is 3.76. The van der Waals surface area contributed by atoms with E-state index < -0.39 is 20.3 Å². The van der Waals surface area contributed by atoms with Crippen molar-refractivity contribution in [1.29, 1.82) is 0 Å². The number of carbonyl (C=O) groups is 1. The Bertz CT molecular complexity index is 482. The number of benzene rings is 1. The number of alkyl halides is 1. The van der Waals surface area contributed by atoms with Gasteiger partial charge >= 0.3 is 0 Å². The Balaban J connectivity index is 3.06. The fraction of sp³-hybridized carbons (Fsp3) is 0.222. The number of carbonyl (C=O) groups excluding carboxylic acids is 1. The highest BCUT2D eigenvalue weighted by Crippen LogP contribution is 2.16. The lowest BCUT2D eigenvalue weighted by atomic mass is 10.1. The van der Waals surface area contributed by atoms with Gasteiger partial charge in [-0.2, -0.15) is 0 Å². The predicted octanol–water partition coefficient (Wildman–Crippen LogP) is 2.13. The lowest BCUT2D eigenvalue weighted by Gasteiger charge is -2.06. The van der Waals surface area contributed by atoms with Gasteiger partial charge in [0.15, 0.2) is 20.3 Å². The van der Waals surface area contributed by atoms with Crippen molar-refractivity contribution in [2.45, 2.75) is 4.71 Å². The summed E-state index contributed by atoms with van der Waals surface area (Å²) in [5, 5.41) is 0.359. The summed E-state index contributed by atoms with van der Waals surface area (Å²) in [6, 6.07) is 5.99. The number of sulfone groups is 1. The van der Waals surface area contributed by atoms with Crippen molar-refractivity contribution in [2.75, 3.05) is 6.26 Å². The summed E-state index contributed by atoms with van der Waals surface area (Å²) in [5.41, 5.74) is 0.188. The van der Waals surface area contributed by atoms with Crippen LogP contribution in [0, 0.1) is 0 Å². The summed E-state index contributed by atoms with van der Waals surface area (Å²) in [4.78, 5) is 11.6. The Morgan fingerprint density at radius 2 is 2.00 bits per heavy atom. The third kappa shape index (κ3) is 3.19. The number of ketones is 1. The molecule has 0 spiro atoms. The van der Waals surface area contributed by atoms with Crippen LogP contribution in [0.25, 0.3) is 0 Å². The van der Waals surface area contributed by atoms with Gasteiger partial charge in [-0.15, -0.1) is 0 Å². The monoisotopic (exact) mass is 266 g/mol. The summed E-state index contributed by atoms with van der Waals surface area (Å²) < 4.78 is 20.5. The van der Waals surface area contributed by atoms with Crippen molar-refractivity contribution in [3.8, 4) is 0 Å². The molecular formula is C9H8Cl2O3S. The molecule has 0 aliphatic rings. The quantitative estimate of drug-likeness (QED) is 0.622. The lowest BCUT2D eigenvalue weighted by Crippen LogP contribution is -2.23. The van der Waals surface area contributed by atoms with Crippen molar-refractivity contribution < 1.29 is 13.2 Å². The van der Waals surface area contributed by atoms with E-state index in [2.05, 4.69) is 0 Å². The second-order valence-electron chi connectivity index (χ2n) is 3.02. The zero-order chi connectivity index (χ0) is 11.6. The van der Waals surface area contributed by atoms with Gasteiger partial charge in [-0.3, -0.25) is 4.79 Å². The van der Waals surface area contributed by atoms with Crippen LogP contribution in [0.3, 0.4) is 0 Å². The van der Waals surface area contributed by atoms with Crippen molar-refractivity contribution >= 4 is 38.8 Å². The average Bonchev–Trinajstić information content (AvgIpc) is 2.14. The first kappa shape index (κ1) is 12.5. The summed E-state index contributed by atoms with van der Waals surface area (Å²) in [6.07, 6.45) is 0.910. The van der Waals surface area contributed by atoms with E-state index in [1.807, 2.05) is 0 Å². The van der Waals surface area contributed by atoms with Crippen molar-refractivity contribution in [2.24, 2.45) is 0 Å². The highest BCUT2D eigenvalue weighted by molar-refractivity contribution is 7.93. The predicted molar refractivity (Wildman–Crippen MR) is 60.3 cm³/mol. The van der Waals surface area contributed by atoms with E-state index in [-0.39, 0.29) is 5.56 Å². The Hall–Kier alpha value is -0.580. The topological polar surface area (TPSA) is 51.2 Å². The molecular weight excluding hydrogens is 259 g/mol. The normalized spacial score (nSPS) is 13.5. The van der Waals surface area contributed by atoms with Crippen LogP contribution < -0.4 is 0 Å². The van der Waals surface area contributed by atoms with Crippen LogP contribution >= 0.6 is 23.2 Å². The second kappa shape index (κ2) is 4.51. The van der Waals surface area contributed by atoms with Gasteiger partial charge in [-0.05, 0) is 12.1 Å². The van der Waals surface area contributed by atoms with Crippen LogP contribution in [0.2, 0.25) is 5.02 Å². The van der Waals surface area contributed by atoms with Crippen molar-refractivity contribution in [1.82, 2.24) is 0 Å². The molecule has 3 nitrogen and oxygen atoms in total. The van der Waals surface area contributed by atoms with Gasteiger partial charge < -0.3 is 0 Å². The second-order valence-corrected chi connectivity index (χ2v) is 6.28. The van der Waals surface area contributed by atoms with Crippen LogP contribution in [0.4, 0.5) is 0 Å². The van der Waals surface area contributed by atoms with Gasteiger partial charge in [-0.1, -0.05) is 35.3 Å². The lowest BCUT2D eigenvalue weighted by molar-refractivity contribution is 0.101. The van der Waals surface area contributed by atoms with Crippen LogP contribution in [0.15, 0.2) is 24.3 Å². The number of hydrogen-bond acceptors (Lipinski definition) is 3. The molecule has 0 saturated carbocycles. The first-order valence-corrected chi connectivity index (χ1v) is 6.72. The number of hydrogen-bond donors (Lipinski definition) is 0. The molecule has 0 heterocycles. The van der Waals surface area contributed by atoms with Crippen LogP contribution in [-0.4, -0.2) is 25.2 Å². The van der Waals surface area contributed by atoms with Crippen LogP contribution in [0.1, 0.15) is 10.4 Å². The minimum atomic E-state index is -3.59. The molecule has 0 N–H and O–H groups in total. The summed E-state index contributed by atoms with van der Waals surface area (Å²) in [7, 11) is -3.59. The van der Waals surface area contributed by atoms with E-state index in [1.54, 1.807) is 12.1 Å². The van der Waals surface area contributed by atoms with Crippen molar-refractivity contribution in [3.63, 3.8) is 0 Å². The molecule has 0 amide bonds. The minimum Gasteiger partial charge on any atom is -0.291 e. The van der Waals surface area contributed by atoms with Gasteiger partial charge in [0.1, 0.15) is 0 Å². The number of Topliss-reactive ketones (excluding diaryl/α,β-unsaturated/α-hetero) is 1. The van der Waals surface area contributed by atoms with Crippen molar-refractivity contribution in [3.05, 3.63) is 34.9 Å². The van der Waals surface area contributed by atoms with Gasteiger partial charge in [0, 0.05) is 16.8 Å². The molecule has 0 aliphatic heterocycles. The maximum Gasteiger partial charge on any atom is 0.197 e.